The van der Waals surface area contributed by atoms with E-state index in [9.17, 15) is 30.3 Å². The SMILES string of the molecule is CO[C@@H]1C(O)CCC(C)/C=C/C=C(/CO)C(=O)NC2CCc3c(c(OO)c(C)c4c3C(=O)[C@@](C)(O/C=C/CCC1OO)O4)C2. The molecule has 3 heterocycles. The van der Waals surface area contributed by atoms with E-state index in [1.165, 1.54) is 20.3 Å². The molecule has 242 valence electrons. The van der Waals surface area contributed by atoms with Crippen molar-refractivity contribution in [2.75, 3.05) is 13.7 Å². The number of ketones is 1. The number of fused-ring (bicyclic) bond motifs is 14. The minimum atomic E-state index is -1.67. The van der Waals surface area contributed by atoms with Gasteiger partial charge in [0, 0.05) is 36.8 Å². The maximum Gasteiger partial charge on any atom is 0.312 e. The van der Waals surface area contributed by atoms with Crippen LogP contribution < -0.4 is 14.9 Å². The standard InChI is InChI=1S/C32H43NO11/c1-18-8-7-9-20(17-34)31(37)33-21-12-13-22-23(16-21)27(44-39)19(2)28-26(22)30(36)32(3,42-28)41-15-6-5-10-25(43-38)29(40-4)24(35)14-11-18/h6-9,15,18,21,24-25,29,34-35,38-39H,5,10-14,16-17H2,1-4H3,(H,33,37)/b8-7+,15-6+,20-9-/t18?,21?,24?,25?,29-,32+/m1/s1. The Kier molecular flexibility index (Phi) is 11.2. The summed E-state index contributed by atoms with van der Waals surface area (Å²) >= 11 is 0. The van der Waals surface area contributed by atoms with Crippen LogP contribution >= 0.6 is 0 Å². The van der Waals surface area contributed by atoms with E-state index >= 15 is 0 Å². The molecule has 0 saturated heterocycles. The molecule has 6 atom stereocenters. The van der Waals surface area contributed by atoms with Crippen LogP contribution in [0.4, 0.5) is 0 Å². The minimum Gasteiger partial charge on any atom is -0.454 e. The normalized spacial score (nSPS) is 32.5. The fraction of sp³-hybridized carbons (Fsp3) is 0.562. The van der Waals surface area contributed by atoms with Crippen molar-refractivity contribution in [1.82, 2.24) is 5.32 Å². The molecule has 1 aromatic carbocycles. The quantitative estimate of drug-likeness (QED) is 0.247. The molecule has 0 fully saturated rings. The third-order valence-electron chi connectivity index (χ3n) is 8.68. The number of benzene rings is 1. The first-order chi connectivity index (χ1) is 21.1. The van der Waals surface area contributed by atoms with Crippen LogP contribution in [-0.4, -0.2) is 76.3 Å². The zero-order valence-electron chi connectivity index (χ0n) is 25.6. The number of hydrogen-bond donors (Lipinski definition) is 5. The Morgan fingerprint density at radius 3 is 2.59 bits per heavy atom. The van der Waals surface area contributed by atoms with E-state index < -0.39 is 36.6 Å². The van der Waals surface area contributed by atoms with Crippen LogP contribution in [0.15, 0.2) is 36.1 Å². The number of aliphatic hydroxyl groups is 2. The van der Waals surface area contributed by atoms with Crippen LogP contribution in [0.25, 0.3) is 0 Å². The van der Waals surface area contributed by atoms with E-state index in [0.29, 0.717) is 60.8 Å². The highest BCUT2D eigenvalue weighted by molar-refractivity contribution is 6.08. The Morgan fingerprint density at radius 2 is 1.91 bits per heavy atom. The third kappa shape index (κ3) is 7.01. The highest BCUT2D eigenvalue weighted by Gasteiger charge is 2.50. The molecule has 44 heavy (non-hydrogen) atoms. The molecule has 4 aliphatic rings. The van der Waals surface area contributed by atoms with Crippen LogP contribution in [0.2, 0.25) is 0 Å². The molecule has 1 amide bonds. The van der Waals surface area contributed by atoms with Gasteiger partial charge in [-0.15, -0.1) is 0 Å². The van der Waals surface area contributed by atoms with Gasteiger partial charge in [0.1, 0.15) is 18.0 Å². The lowest BCUT2D eigenvalue weighted by Gasteiger charge is -2.28. The Labute approximate surface area is 256 Å². The van der Waals surface area contributed by atoms with Crippen LogP contribution in [-0.2, 0) is 32.0 Å². The number of carbonyl (C=O) groups excluding carboxylic acids is 2. The van der Waals surface area contributed by atoms with Crippen molar-refractivity contribution in [2.24, 2.45) is 5.92 Å². The number of hydrogen-bond acceptors (Lipinski definition) is 11. The van der Waals surface area contributed by atoms with Crippen molar-refractivity contribution < 1.29 is 54.3 Å². The predicted molar refractivity (Wildman–Crippen MR) is 158 cm³/mol. The first kappa shape index (κ1) is 33.6. The van der Waals surface area contributed by atoms with E-state index in [2.05, 4.69) is 10.2 Å². The summed E-state index contributed by atoms with van der Waals surface area (Å²) in [6.07, 6.45) is 8.40. The molecule has 0 spiro atoms. The zero-order valence-corrected chi connectivity index (χ0v) is 25.6. The van der Waals surface area contributed by atoms with E-state index in [1.54, 1.807) is 25.2 Å². The first-order valence-corrected chi connectivity index (χ1v) is 14.9. The second kappa shape index (κ2) is 14.7. The minimum absolute atomic E-state index is 0.0309. The smallest absolute Gasteiger partial charge is 0.312 e. The highest BCUT2D eigenvalue weighted by Crippen LogP contribution is 2.48. The monoisotopic (exact) mass is 617 g/mol. The average molecular weight is 618 g/mol. The van der Waals surface area contributed by atoms with Gasteiger partial charge in [0.15, 0.2) is 5.75 Å². The topological polar surface area (TPSA) is 173 Å². The third-order valence-corrected chi connectivity index (χ3v) is 8.68. The van der Waals surface area contributed by atoms with E-state index in [4.69, 9.17) is 19.1 Å². The summed E-state index contributed by atoms with van der Waals surface area (Å²) in [5.74, 6) is -2.04. The summed E-state index contributed by atoms with van der Waals surface area (Å²) in [6, 6.07) is -0.338. The summed E-state index contributed by atoms with van der Waals surface area (Å²) < 4.78 is 17.3. The lowest BCUT2D eigenvalue weighted by molar-refractivity contribution is -0.307. The number of allylic oxidation sites excluding steroid dienone is 4. The molecular formula is C32H43NO11. The number of nitrogens with one attached hydrogen (secondary N) is 1. The Balaban J connectivity index is 1.67. The fourth-order valence-corrected chi connectivity index (χ4v) is 6.13. The number of carbonyl (C=O) groups is 2. The van der Waals surface area contributed by atoms with Gasteiger partial charge in [-0.2, -0.15) is 0 Å². The molecule has 0 saturated carbocycles. The van der Waals surface area contributed by atoms with Gasteiger partial charge >= 0.3 is 5.79 Å². The van der Waals surface area contributed by atoms with Crippen LogP contribution in [0.1, 0.15) is 73.0 Å². The number of rotatable bonds is 4. The van der Waals surface area contributed by atoms with Gasteiger partial charge in [0.2, 0.25) is 5.91 Å². The van der Waals surface area contributed by atoms with Crippen molar-refractivity contribution in [3.05, 3.63) is 58.4 Å². The summed E-state index contributed by atoms with van der Waals surface area (Å²) in [6.45, 7) is 4.67. The van der Waals surface area contributed by atoms with Gasteiger partial charge in [-0.1, -0.05) is 25.2 Å². The first-order valence-electron chi connectivity index (χ1n) is 14.9. The van der Waals surface area contributed by atoms with E-state index in [0.717, 1.165) is 0 Å². The van der Waals surface area contributed by atoms with Crippen molar-refractivity contribution in [2.45, 2.75) is 95.9 Å². The molecule has 3 aliphatic heterocycles. The van der Waals surface area contributed by atoms with Crippen molar-refractivity contribution in [3.63, 3.8) is 0 Å². The Bertz CT molecular complexity index is 1310. The van der Waals surface area contributed by atoms with Crippen LogP contribution in [0.5, 0.6) is 11.5 Å². The lowest BCUT2D eigenvalue weighted by atomic mass is 9.81. The molecule has 5 rings (SSSR count). The summed E-state index contributed by atoms with van der Waals surface area (Å²) in [7, 11) is 1.43. The van der Waals surface area contributed by atoms with Crippen molar-refractivity contribution >= 4 is 11.7 Å². The van der Waals surface area contributed by atoms with Gasteiger partial charge < -0.3 is 34.6 Å². The summed E-state index contributed by atoms with van der Waals surface area (Å²) in [5.41, 5.74) is 2.21. The van der Waals surface area contributed by atoms with Crippen LogP contribution in [0.3, 0.4) is 0 Å². The Hall–Kier alpha value is -3.26. The number of ether oxygens (including phenoxy) is 3. The molecule has 5 bridgehead atoms. The van der Waals surface area contributed by atoms with Gasteiger partial charge in [-0.25, -0.2) is 10.1 Å². The zero-order chi connectivity index (χ0) is 32.0. The molecule has 4 unspecified atom stereocenters. The van der Waals surface area contributed by atoms with Gasteiger partial charge in [0.25, 0.3) is 5.78 Å². The lowest BCUT2D eigenvalue weighted by Crippen LogP contribution is -2.41. The number of amides is 1. The predicted octanol–water partition coefficient (Wildman–Crippen LogP) is 3.56. The maximum atomic E-state index is 13.7. The summed E-state index contributed by atoms with van der Waals surface area (Å²) in [5, 5.41) is 43.0. The highest BCUT2D eigenvalue weighted by atomic mass is 17.1. The van der Waals surface area contributed by atoms with Crippen molar-refractivity contribution in [1.29, 1.82) is 0 Å². The second-order valence-corrected chi connectivity index (χ2v) is 11.8. The molecule has 1 aliphatic carbocycles. The van der Waals surface area contributed by atoms with E-state index in [1.807, 2.05) is 13.0 Å². The largest absolute Gasteiger partial charge is 0.454 e. The Morgan fingerprint density at radius 1 is 1.14 bits per heavy atom. The molecule has 0 aromatic heterocycles. The summed E-state index contributed by atoms with van der Waals surface area (Å²) in [4.78, 5) is 36.2. The molecule has 0 radical (unpaired) electrons. The number of methoxy groups -OCH3 is 1. The molecular weight excluding hydrogens is 574 g/mol. The number of aliphatic hydroxyl groups excluding tert-OH is 2. The molecule has 1 aromatic rings. The maximum absolute atomic E-state index is 13.7. The van der Waals surface area contributed by atoms with Gasteiger partial charge in [-0.3, -0.25) is 14.8 Å². The van der Waals surface area contributed by atoms with Gasteiger partial charge in [0.05, 0.1) is 24.5 Å². The average Bonchev–Trinajstić information content (AvgIpc) is 3.27. The second-order valence-electron chi connectivity index (χ2n) is 11.8. The van der Waals surface area contributed by atoms with Crippen LogP contribution in [0, 0.1) is 12.8 Å². The fourth-order valence-electron chi connectivity index (χ4n) is 6.13. The van der Waals surface area contributed by atoms with E-state index in [-0.39, 0.29) is 41.2 Å². The molecule has 12 heteroatoms. The molecule has 5 N–H and O–H groups in total. The van der Waals surface area contributed by atoms with Gasteiger partial charge in [-0.05, 0) is 69.4 Å². The molecule has 12 nitrogen and oxygen atoms in total. The number of Topliss-reactive ketones (excluding diaryl/α,β-unsaturated/α-hetero) is 1. The van der Waals surface area contributed by atoms with Crippen molar-refractivity contribution in [3.8, 4) is 11.5 Å².